The molecule has 0 saturated heterocycles. The summed E-state index contributed by atoms with van der Waals surface area (Å²) in [6.45, 7) is 3.54. The summed E-state index contributed by atoms with van der Waals surface area (Å²) in [5.41, 5.74) is 1.09. The fourth-order valence-corrected chi connectivity index (χ4v) is 2.14. The fraction of sp³-hybridized carbons (Fsp3) is 0.250. The van der Waals surface area contributed by atoms with Gasteiger partial charge in [0.2, 0.25) is 0 Å². The van der Waals surface area contributed by atoms with Crippen molar-refractivity contribution >= 4 is 0 Å². The molecule has 2 aromatic carbocycles. The van der Waals surface area contributed by atoms with Crippen LogP contribution in [0, 0.1) is 12.7 Å². The summed E-state index contributed by atoms with van der Waals surface area (Å²) < 4.78 is 13.8. The van der Waals surface area contributed by atoms with Crippen LogP contribution in [-0.4, -0.2) is 5.11 Å². The molecule has 18 heavy (non-hydrogen) atoms. The SMILES string of the molecule is Cc1ccc(F)c(C(C)(O)Cc2ccccc2)c1. The van der Waals surface area contributed by atoms with E-state index < -0.39 is 5.60 Å². The van der Waals surface area contributed by atoms with Crippen molar-refractivity contribution in [3.8, 4) is 0 Å². The zero-order chi connectivity index (χ0) is 13.2. The van der Waals surface area contributed by atoms with Gasteiger partial charge in [-0.1, -0.05) is 48.0 Å². The van der Waals surface area contributed by atoms with E-state index in [9.17, 15) is 9.50 Å². The molecule has 0 aliphatic rings. The molecule has 1 unspecified atom stereocenters. The number of hydrogen-bond acceptors (Lipinski definition) is 1. The first-order valence-corrected chi connectivity index (χ1v) is 6.02. The van der Waals surface area contributed by atoms with Crippen LogP contribution in [0.1, 0.15) is 23.6 Å². The maximum absolute atomic E-state index is 13.8. The van der Waals surface area contributed by atoms with Gasteiger partial charge in [-0.2, -0.15) is 0 Å². The second-order valence-corrected chi connectivity index (χ2v) is 4.92. The summed E-state index contributed by atoms with van der Waals surface area (Å²) in [6.07, 6.45) is 0.397. The van der Waals surface area contributed by atoms with Gasteiger partial charge < -0.3 is 5.11 Å². The van der Waals surface area contributed by atoms with E-state index in [0.29, 0.717) is 12.0 Å². The molecule has 0 amide bonds. The Morgan fingerprint density at radius 2 is 1.78 bits per heavy atom. The van der Waals surface area contributed by atoms with Crippen LogP contribution in [0.15, 0.2) is 48.5 Å². The van der Waals surface area contributed by atoms with Gasteiger partial charge in [-0.25, -0.2) is 4.39 Å². The van der Waals surface area contributed by atoms with Crippen LogP contribution in [0.3, 0.4) is 0 Å². The minimum absolute atomic E-state index is 0.353. The molecule has 0 aliphatic carbocycles. The number of aryl methyl sites for hydroxylation is 1. The average Bonchev–Trinajstić information content (AvgIpc) is 2.33. The highest BCUT2D eigenvalue weighted by Crippen LogP contribution is 2.28. The third-order valence-electron chi connectivity index (χ3n) is 3.09. The molecule has 1 N–H and O–H groups in total. The van der Waals surface area contributed by atoms with E-state index in [2.05, 4.69) is 0 Å². The smallest absolute Gasteiger partial charge is 0.129 e. The lowest BCUT2D eigenvalue weighted by Crippen LogP contribution is -2.25. The molecule has 0 bridgehead atoms. The molecule has 0 spiro atoms. The molecule has 94 valence electrons. The molecule has 2 heteroatoms. The van der Waals surface area contributed by atoms with Crippen LogP contribution < -0.4 is 0 Å². The molecule has 0 saturated carbocycles. The maximum Gasteiger partial charge on any atom is 0.129 e. The lowest BCUT2D eigenvalue weighted by molar-refractivity contribution is 0.0537. The van der Waals surface area contributed by atoms with E-state index in [0.717, 1.165) is 11.1 Å². The molecular weight excluding hydrogens is 227 g/mol. The Hall–Kier alpha value is -1.67. The predicted octanol–water partition coefficient (Wildman–Crippen LogP) is 3.58. The zero-order valence-corrected chi connectivity index (χ0v) is 10.7. The van der Waals surface area contributed by atoms with E-state index >= 15 is 0 Å². The maximum atomic E-state index is 13.8. The molecule has 0 aromatic heterocycles. The highest BCUT2D eigenvalue weighted by Gasteiger charge is 2.26. The van der Waals surface area contributed by atoms with Crippen LogP contribution >= 0.6 is 0 Å². The van der Waals surface area contributed by atoms with Gasteiger partial charge in [0.15, 0.2) is 0 Å². The van der Waals surface area contributed by atoms with Gasteiger partial charge in [-0.15, -0.1) is 0 Å². The summed E-state index contributed by atoms with van der Waals surface area (Å²) >= 11 is 0. The van der Waals surface area contributed by atoms with Gasteiger partial charge in [0.25, 0.3) is 0 Å². The third-order valence-corrected chi connectivity index (χ3v) is 3.09. The highest BCUT2D eigenvalue weighted by molar-refractivity contribution is 5.31. The molecule has 0 heterocycles. The van der Waals surface area contributed by atoms with Crippen LogP contribution in [0.4, 0.5) is 4.39 Å². The monoisotopic (exact) mass is 244 g/mol. The van der Waals surface area contributed by atoms with E-state index in [4.69, 9.17) is 0 Å². The topological polar surface area (TPSA) is 20.2 Å². The van der Waals surface area contributed by atoms with Crippen LogP contribution in [-0.2, 0) is 12.0 Å². The quantitative estimate of drug-likeness (QED) is 0.875. The second-order valence-electron chi connectivity index (χ2n) is 4.92. The molecule has 0 fully saturated rings. The summed E-state index contributed by atoms with van der Waals surface area (Å²) in [6, 6.07) is 14.4. The predicted molar refractivity (Wildman–Crippen MR) is 70.9 cm³/mol. The van der Waals surface area contributed by atoms with Crippen molar-refractivity contribution in [3.63, 3.8) is 0 Å². The van der Waals surface area contributed by atoms with E-state index in [1.165, 1.54) is 6.07 Å². The fourth-order valence-electron chi connectivity index (χ4n) is 2.14. The molecule has 2 aromatic rings. The first kappa shape index (κ1) is 12.8. The number of halogens is 1. The highest BCUT2D eigenvalue weighted by atomic mass is 19.1. The Bertz CT molecular complexity index is 532. The Morgan fingerprint density at radius 1 is 1.11 bits per heavy atom. The minimum atomic E-state index is -1.20. The first-order valence-electron chi connectivity index (χ1n) is 6.02. The van der Waals surface area contributed by atoms with Crippen molar-refractivity contribution in [2.24, 2.45) is 0 Å². The van der Waals surface area contributed by atoms with Gasteiger partial charge in [-0.3, -0.25) is 0 Å². The largest absolute Gasteiger partial charge is 0.385 e. The first-order chi connectivity index (χ1) is 8.49. The number of benzene rings is 2. The lowest BCUT2D eigenvalue weighted by Gasteiger charge is -2.25. The van der Waals surface area contributed by atoms with Gasteiger partial charge in [0.05, 0.1) is 5.60 Å². The molecule has 0 aliphatic heterocycles. The van der Waals surface area contributed by atoms with Crippen molar-refractivity contribution in [1.29, 1.82) is 0 Å². The third kappa shape index (κ3) is 2.77. The van der Waals surface area contributed by atoms with Gasteiger partial charge in [0, 0.05) is 12.0 Å². The van der Waals surface area contributed by atoms with Crippen molar-refractivity contribution in [2.45, 2.75) is 25.9 Å². The minimum Gasteiger partial charge on any atom is -0.385 e. The van der Waals surface area contributed by atoms with E-state index in [1.54, 1.807) is 19.1 Å². The van der Waals surface area contributed by atoms with Gasteiger partial charge in [-0.05, 0) is 25.5 Å². The summed E-state index contributed by atoms with van der Waals surface area (Å²) in [4.78, 5) is 0. The van der Waals surface area contributed by atoms with Crippen molar-refractivity contribution in [1.82, 2.24) is 0 Å². The molecule has 1 nitrogen and oxygen atoms in total. The summed E-state index contributed by atoms with van der Waals surface area (Å²) in [5, 5.41) is 10.5. The Balaban J connectivity index is 2.33. The molecule has 1 atom stereocenters. The van der Waals surface area contributed by atoms with E-state index in [1.807, 2.05) is 37.3 Å². The van der Waals surface area contributed by atoms with Crippen molar-refractivity contribution in [3.05, 3.63) is 71.0 Å². The Kier molecular flexibility index (Phi) is 3.48. The Labute approximate surface area is 107 Å². The number of aliphatic hydroxyl groups is 1. The van der Waals surface area contributed by atoms with Crippen molar-refractivity contribution in [2.75, 3.05) is 0 Å². The average molecular weight is 244 g/mol. The normalized spacial score (nSPS) is 14.2. The van der Waals surface area contributed by atoms with Crippen LogP contribution in [0.25, 0.3) is 0 Å². The van der Waals surface area contributed by atoms with Crippen molar-refractivity contribution < 1.29 is 9.50 Å². The van der Waals surface area contributed by atoms with Crippen LogP contribution in [0.2, 0.25) is 0 Å². The van der Waals surface area contributed by atoms with E-state index in [-0.39, 0.29) is 5.82 Å². The van der Waals surface area contributed by atoms with Crippen LogP contribution in [0.5, 0.6) is 0 Å². The Morgan fingerprint density at radius 3 is 2.44 bits per heavy atom. The second kappa shape index (κ2) is 4.91. The summed E-state index contributed by atoms with van der Waals surface area (Å²) in [5.74, 6) is -0.360. The number of rotatable bonds is 3. The lowest BCUT2D eigenvalue weighted by atomic mass is 9.88. The van der Waals surface area contributed by atoms with Gasteiger partial charge >= 0.3 is 0 Å². The molecular formula is C16H17FO. The summed E-state index contributed by atoms with van der Waals surface area (Å²) in [7, 11) is 0. The molecule has 2 rings (SSSR count). The standard InChI is InChI=1S/C16H17FO/c1-12-8-9-15(17)14(10-12)16(2,18)11-13-6-4-3-5-7-13/h3-10,18H,11H2,1-2H3. The molecule has 0 radical (unpaired) electrons. The number of hydrogen-bond donors (Lipinski definition) is 1. The zero-order valence-electron chi connectivity index (χ0n) is 10.7. The van der Waals surface area contributed by atoms with Gasteiger partial charge in [0.1, 0.15) is 5.82 Å².